The van der Waals surface area contributed by atoms with Gasteiger partial charge in [-0.1, -0.05) is 24.3 Å². The summed E-state index contributed by atoms with van der Waals surface area (Å²) in [6.07, 6.45) is 5.11. The van der Waals surface area contributed by atoms with Crippen molar-refractivity contribution in [2.75, 3.05) is 6.54 Å². The molecule has 1 fully saturated rings. The second kappa shape index (κ2) is 3.79. The van der Waals surface area contributed by atoms with Gasteiger partial charge in [0.15, 0.2) is 0 Å². The van der Waals surface area contributed by atoms with Gasteiger partial charge in [-0.25, -0.2) is 0 Å². The average molecular weight is 228 g/mol. The lowest BCUT2D eigenvalue weighted by atomic mass is 9.91. The zero-order chi connectivity index (χ0) is 11.9. The molecule has 1 aliphatic rings. The highest BCUT2D eigenvalue weighted by molar-refractivity contribution is 5.85. The Morgan fingerprint density at radius 1 is 1.29 bits per heavy atom. The number of benzene rings is 1. The van der Waals surface area contributed by atoms with Crippen LogP contribution in [0.4, 0.5) is 0 Å². The van der Waals surface area contributed by atoms with Gasteiger partial charge in [0.1, 0.15) is 0 Å². The lowest BCUT2D eigenvalue weighted by Crippen LogP contribution is -2.23. The maximum Gasteiger partial charge on any atom is 0.0879 e. The third kappa shape index (κ3) is 1.63. The molecular formula is C14H16N2O. The van der Waals surface area contributed by atoms with Gasteiger partial charge in [-0.3, -0.25) is 4.98 Å². The van der Waals surface area contributed by atoms with Gasteiger partial charge >= 0.3 is 0 Å². The fourth-order valence-electron chi connectivity index (χ4n) is 2.44. The Morgan fingerprint density at radius 3 is 2.76 bits per heavy atom. The number of aromatic nitrogens is 1. The highest BCUT2D eigenvalue weighted by atomic mass is 16.3. The largest absolute Gasteiger partial charge is 0.388 e. The molecule has 17 heavy (non-hydrogen) atoms. The van der Waals surface area contributed by atoms with Crippen molar-refractivity contribution in [3.63, 3.8) is 0 Å². The van der Waals surface area contributed by atoms with Crippen LogP contribution in [-0.4, -0.2) is 16.6 Å². The molecule has 1 saturated carbocycles. The van der Waals surface area contributed by atoms with Crippen molar-refractivity contribution in [1.82, 2.24) is 4.98 Å². The van der Waals surface area contributed by atoms with E-state index >= 15 is 0 Å². The zero-order valence-corrected chi connectivity index (χ0v) is 9.63. The minimum absolute atomic E-state index is 0.105. The molecule has 0 spiro atoms. The van der Waals surface area contributed by atoms with Crippen LogP contribution in [0.3, 0.4) is 0 Å². The minimum atomic E-state index is -0.494. The monoisotopic (exact) mass is 228 g/mol. The molecule has 1 aromatic heterocycles. The summed E-state index contributed by atoms with van der Waals surface area (Å²) in [4.78, 5) is 4.21. The predicted octanol–water partition coefficient (Wildman–Crippen LogP) is 2.01. The van der Waals surface area contributed by atoms with E-state index in [0.717, 1.165) is 29.2 Å². The molecule has 3 rings (SSSR count). The first-order valence-electron chi connectivity index (χ1n) is 5.98. The average Bonchev–Trinajstić information content (AvgIpc) is 3.18. The van der Waals surface area contributed by atoms with Crippen molar-refractivity contribution in [2.45, 2.75) is 18.9 Å². The fourth-order valence-corrected chi connectivity index (χ4v) is 2.44. The van der Waals surface area contributed by atoms with Crippen LogP contribution in [0.2, 0.25) is 0 Å². The van der Waals surface area contributed by atoms with Crippen molar-refractivity contribution in [1.29, 1.82) is 0 Å². The Morgan fingerprint density at radius 2 is 2.06 bits per heavy atom. The molecule has 3 N–H and O–H groups in total. The molecule has 1 unspecified atom stereocenters. The van der Waals surface area contributed by atoms with Gasteiger partial charge in [0.2, 0.25) is 0 Å². The molecule has 1 heterocycles. The number of aliphatic hydroxyl groups excluding tert-OH is 1. The van der Waals surface area contributed by atoms with Crippen LogP contribution < -0.4 is 5.73 Å². The van der Waals surface area contributed by atoms with Crippen LogP contribution in [0.15, 0.2) is 36.7 Å². The summed E-state index contributed by atoms with van der Waals surface area (Å²) in [5, 5.41) is 12.6. The molecule has 2 aromatic rings. The van der Waals surface area contributed by atoms with E-state index in [1.807, 2.05) is 30.5 Å². The molecule has 0 radical (unpaired) electrons. The first-order chi connectivity index (χ1) is 8.27. The summed E-state index contributed by atoms with van der Waals surface area (Å²) in [5.74, 6) is 0. The summed E-state index contributed by atoms with van der Waals surface area (Å²) in [5.41, 5.74) is 6.57. The molecule has 1 aromatic carbocycles. The number of nitrogens with zero attached hydrogens (tertiary/aromatic N) is 1. The maximum atomic E-state index is 10.5. The lowest BCUT2D eigenvalue weighted by molar-refractivity contribution is 0.0986. The lowest BCUT2D eigenvalue weighted by Gasteiger charge is -2.21. The molecule has 3 nitrogen and oxygen atoms in total. The van der Waals surface area contributed by atoms with Gasteiger partial charge in [0, 0.05) is 35.3 Å². The van der Waals surface area contributed by atoms with Crippen LogP contribution in [0.25, 0.3) is 10.8 Å². The molecule has 0 saturated heterocycles. The Bertz CT molecular complexity index is 543. The van der Waals surface area contributed by atoms with Gasteiger partial charge in [-0.2, -0.15) is 0 Å². The van der Waals surface area contributed by atoms with E-state index in [1.165, 1.54) is 0 Å². The number of hydrogen-bond donors (Lipinski definition) is 2. The number of pyridine rings is 1. The van der Waals surface area contributed by atoms with Gasteiger partial charge in [-0.05, 0) is 18.2 Å². The Hall–Kier alpha value is -1.45. The van der Waals surface area contributed by atoms with Crippen molar-refractivity contribution in [2.24, 2.45) is 11.1 Å². The SMILES string of the molecule is NCC1(C(O)c2cncc3ccccc23)CC1. The van der Waals surface area contributed by atoms with E-state index in [0.29, 0.717) is 6.54 Å². The smallest absolute Gasteiger partial charge is 0.0879 e. The Labute approximate surface area is 100 Å². The van der Waals surface area contributed by atoms with Crippen LogP contribution in [-0.2, 0) is 0 Å². The number of nitrogens with two attached hydrogens (primary N) is 1. The topological polar surface area (TPSA) is 59.1 Å². The van der Waals surface area contributed by atoms with Crippen molar-refractivity contribution in [3.05, 3.63) is 42.2 Å². The molecule has 0 aliphatic heterocycles. The number of fused-ring (bicyclic) bond motifs is 1. The summed E-state index contributed by atoms with van der Waals surface area (Å²) >= 11 is 0. The van der Waals surface area contributed by atoms with Gasteiger partial charge in [0.05, 0.1) is 6.10 Å². The Kier molecular flexibility index (Phi) is 2.38. The molecule has 88 valence electrons. The predicted molar refractivity (Wildman–Crippen MR) is 67.4 cm³/mol. The van der Waals surface area contributed by atoms with Crippen LogP contribution in [0.1, 0.15) is 24.5 Å². The van der Waals surface area contributed by atoms with E-state index in [9.17, 15) is 5.11 Å². The summed E-state index contributed by atoms with van der Waals surface area (Å²) in [6.45, 7) is 0.539. The van der Waals surface area contributed by atoms with Crippen molar-refractivity contribution in [3.8, 4) is 0 Å². The number of rotatable bonds is 3. The van der Waals surface area contributed by atoms with E-state index in [1.54, 1.807) is 6.20 Å². The summed E-state index contributed by atoms with van der Waals surface area (Å²) in [7, 11) is 0. The molecule has 1 aliphatic carbocycles. The summed E-state index contributed by atoms with van der Waals surface area (Å²) < 4.78 is 0. The molecule has 0 bridgehead atoms. The normalized spacial score (nSPS) is 19.2. The van der Waals surface area contributed by atoms with Crippen LogP contribution in [0.5, 0.6) is 0 Å². The third-order valence-electron chi connectivity index (χ3n) is 3.87. The molecule has 3 heteroatoms. The van der Waals surface area contributed by atoms with Crippen LogP contribution >= 0.6 is 0 Å². The second-order valence-electron chi connectivity index (χ2n) is 4.92. The second-order valence-corrected chi connectivity index (χ2v) is 4.92. The van der Waals surface area contributed by atoms with Gasteiger partial charge in [0.25, 0.3) is 0 Å². The maximum absolute atomic E-state index is 10.5. The fraction of sp³-hybridized carbons (Fsp3) is 0.357. The molecular weight excluding hydrogens is 212 g/mol. The van der Waals surface area contributed by atoms with Crippen LogP contribution in [0, 0.1) is 5.41 Å². The highest BCUT2D eigenvalue weighted by Crippen LogP contribution is 2.54. The first-order valence-corrected chi connectivity index (χ1v) is 5.98. The summed E-state index contributed by atoms with van der Waals surface area (Å²) in [6, 6.07) is 8.01. The van der Waals surface area contributed by atoms with E-state index < -0.39 is 6.10 Å². The molecule has 1 atom stereocenters. The van der Waals surface area contributed by atoms with Gasteiger partial charge in [-0.15, -0.1) is 0 Å². The van der Waals surface area contributed by atoms with E-state index in [4.69, 9.17) is 5.73 Å². The standard InChI is InChI=1S/C14H16N2O/c15-9-14(5-6-14)13(17)12-8-16-7-10-3-1-2-4-11(10)12/h1-4,7-8,13,17H,5-6,9,15H2. The van der Waals surface area contributed by atoms with E-state index in [-0.39, 0.29) is 5.41 Å². The minimum Gasteiger partial charge on any atom is -0.388 e. The van der Waals surface area contributed by atoms with Crippen molar-refractivity contribution < 1.29 is 5.11 Å². The first kappa shape index (κ1) is 10.7. The van der Waals surface area contributed by atoms with Gasteiger partial charge < -0.3 is 10.8 Å². The zero-order valence-electron chi connectivity index (χ0n) is 9.63. The van der Waals surface area contributed by atoms with Crippen molar-refractivity contribution >= 4 is 10.8 Å². The quantitative estimate of drug-likeness (QED) is 0.844. The molecule has 0 amide bonds. The highest BCUT2D eigenvalue weighted by Gasteiger charge is 2.48. The Balaban J connectivity index is 2.11. The third-order valence-corrected chi connectivity index (χ3v) is 3.87. The number of hydrogen-bond acceptors (Lipinski definition) is 3. The number of aliphatic hydroxyl groups is 1. The van der Waals surface area contributed by atoms with E-state index in [2.05, 4.69) is 4.98 Å².